The molecule has 0 radical (unpaired) electrons. The summed E-state index contributed by atoms with van der Waals surface area (Å²) in [7, 11) is 0. The average Bonchev–Trinajstić information content (AvgIpc) is 2.91. The SMILES string of the molecule is C=C(C(=N)C(C)C)n1c(=O)nc(N2CCN(C(=O)/C=C/C#N)C[C@@H]2C)c2cc(F)c(-c3c(O)cccc3F)nc21. The predicted octanol–water partition coefficient (Wildman–Crippen LogP) is 3.71. The fraction of sp³-hybridized carbons (Fsp3) is 0.286. The van der Waals surface area contributed by atoms with Crippen molar-refractivity contribution in [3.63, 3.8) is 0 Å². The molecule has 10 nitrogen and oxygen atoms in total. The van der Waals surface area contributed by atoms with Gasteiger partial charge in [0.25, 0.3) is 0 Å². The summed E-state index contributed by atoms with van der Waals surface area (Å²) in [4.78, 5) is 37.6. The number of aromatic nitrogens is 3. The van der Waals surface area contributed by atoms with E-state index in [-0.39, 0.29) is 65.8 Å². The molecule has 0 unspecified atom stereocenters. The van der Waals surface area contributed by atoms with Crippen LogP contribution in [0.3, 0.4) is 0 Å². The molecule has 3 aromatic rings. The molecule has 12 heteroatoms. The van der Waals surface area contributed by atoms with E-state index in [1.54, 1.807) is 36.6 Å². The highest BCUT2D eigenvalue weighted by atomic mass is 19.1. The van der Waals surface area contributed by atoms with E-state index in [4.69, 9.17) is 10.7 Å². The smallest absolute Gasteiger partial charge is 0.355 e. The molecular formula is C28H27F2N7O3. The number of piperazine rings is 1. The Hall–Kier alpha value is -4.92. The Labute approximate surface area is 228 Å². The number of nitrogens with zero attached hydrogens (tertiary/aromatic N) is 6. The summed E-state index contributed by atoms with van der Waals surface area (Å²) < 4.78 is 31.3. The average molecular weight is 548 g/mol. The maximum atomic E-state index is 15.6. The van der Waals surface area contributed by atoms with E-state index in [0.29, 0.717) is 0 Å². The van der Waals surface area contributed by atoms with Gasteiger partial charge in [0.1, 0.15) is 23.1 Å². The summed E-state index contributed by atoms with van der Waals surface area (Å²) in [6, 6.07) is 5.98. The number of pyridine rings is 1. The number of nitrogens with one attached hydrogen (secondary N) is 1. The summed E-state index contributed by atoms with van der Waals surface area (Å²) in [5, 5.41) is 27.5. The van der Waals surface area contributed by atoms with Gasteiger partial charge in [-0.25, -0.2) is 23.1 Å². The number of halogens is 2. The molecule has 1 amide bonds. The highest BCUT2D eigenvalue weighted by Gasteiger charge is 2.31. The van der Waals surface area contributed by atoms with Gasteiger partial charge in [0, 0.05) is 37.8 Å². The molecule has 1 aliphatic rings. The maximum Gasteiger partial charge on any atom is 0.355 e. The quantitative estimate of drug-likeness (QED) is 0.272. The van der Waals surface area contributed by atoms with Crippen molar-refractivity contribution in [2.24, 2.45) is 5.92 Å². The lowest BCUT2D eigenvalue weighted by molar-refractivity contribution is -0.126. The number of anilines is 1. The van der Waals surface area contributed by atoms with E-state index >= 15 is 4.39 Å². The Morgan fingerprint density at radius 1 is 1.27 bits per heavy atom. The molecule has 1 atom stereocenters. The van der Waals surface area contributed by atoms with Gasteiger partial charge in [-0.1, -0.05) is 26.5 Å². The summed E-state index contributed by atoms with van der Waals surface area (Å²) in [6.45, 7) is 9.89. The number of phenols is 1. The minimum atomic E-state index is -0.964. The molecule has 40 heavy (non-hydrogen) atoms. The lowest BCUT2D eigenvalue weighted by Gasteiger charge is -2.40. The van der Waals surface area contributed by atoms with E-state index in [9.17, 15) is 19.1 Å². The second kappa shape index (κ2) is 11.1. The zero-order chi connectivity index (χ0) is 29.3. The van der Waals surface area contributed by atoms with Gasteiger partial charge in [-0.2, -0.15) is 10.2 Å². The topological polar surface area (TPSA) is 139 Å². The number of rotatable bonds is 6. The molecule has 1 saturated heterocycles. The first-order valence-corrected chi connectivity index (χ1v) is 12.5. The van der Waals surface area contributed by atoms with Crippen LogP contribution in [0.25, 0.3) is 28.0 Å². The van der Waals surface area contributed by atoms with Crippen LogP contribution in [0.1, 0.15) is 20.8 Å². The fourth-order valence-corrected chi connectivity index (χ4v) is 4.63. The number of fused-ring (bicyclic) bond motifs is 1. The number of carbonyl (C=O) groups is 1. The summed E-state index contributed by atoms with van der Waals surface area (Å²) in [6.07, 6.45) is 2.26. The van der Waals surface area contributed by atoms with Crippen molar-refractivity contribution in [2.75, 3.05) is 24.5 Å². The van der Waals surface area contributed by atoms with Gasteiger partial charge in [-0.05, 0) is 31.0 Å². The zero-order valence-corrected chi connectivity index (χ0v) is 22.2. The number of allylic oxidation sites excluding steroid dienone is 2. The molecule has 0 spiro atoms. The molecule has 1 aromatic carbocycles. The molecule has 1 aliphatic heterocycles. The molecular weight excluding hydrogens is 520 g/mol. The van der Waals surface area contributed by atoms with Gasteiger partial charge in [-0.15, -0.1) is 0 Å². The number of nitriles is 1. The van der Waals surface area contributed by atoms with Gasteiger partial charge in [0.05, 0.1) is 28.4 Å². The van der Waals surface area contributed by atoms with Crippen molar-refractivity contribution in [1.29, 1.82) is 10.7 Å². The first-order chi connectivity index (χ1) is 19.0. The monoisotopic (exact) mass is 547 g/mol. The third kappa shape index (κ3) is 5.05. The van der Waals surface area contributed by atoms with Gasteiger partial charge in [0.15, 0.2) is 11.5 Å². The lowest BCUT2D eigenvalue weighted by Crippen LogP contribution is -2.54. The van der Waals surface area contributed by atoms with Crippen LogP contribution < -0.4 is 10.6 Å². The molecule has 2 aromatic heterocycles. The molecule has 4 rings (SSSR count). The number of hydrogen-bond donors (Lipinski definition) is 2. The number of aromatic hydroxyl groups is 1. The minimum Gasteiger partial charge on any atom is -0.507 e. The van der Waals surface area contributed by atoms with E-state index in [2.05, 4.69) is 16.5 Å². The van der Waals surface area contributed by atoms with E-state index in [1.807, 2.05) is 0 Å². The van der Waals surface area contributed by atoms with Crippen LogP contribution in [-0.2, 0) is 4.79 Å². The highest BCUT2D eigenvalue weighted by molar-refractivity contribution is 6.18. The van der Waals surface area contributed by atoms with Crippen molar-refractivity contribution in [2.45, 2.75) is 26.8 Å². The second-order valence-corrected chi connectivity index (χ2v) is 9.68. The molecule has 3 heterocycles. The van der Waals surface area contributed by atoms with Crippen molar-refractivity contribution < 1.29 is 18.7 Å². The van der Waals surface area contributed by atoms with E-state index < -0.39 is 34.3 Å². The maximum absolute atomic E-state index is 15.6. The molecule has 206 valence electrons. The molecule has 1 fully saturated rings. The van der Waals surface area contributed by atoms with E-state index in [0.717, 1.165) is 22.8 Å². The van der Waals surface area contributed by atoms with Crippen molar-refractivity contribution in [3.8, 4) is 23.1 Å². The molecule has 0 bridgehead atoms. The standard InChI is InChI=1S/C28H27F2N7O3/c1-15(2)24(32)17(4)37-27-18(13-20(30)25(33-27)23-19(29)7-5-8-21(23)38)26(34-28(37)40)36-12-11-35(14-16(36)3)22(39)9-6-10-31/h5-9,13,15-16,32,38H,4,11-12,14H2,1-3H3/b9-6+,32-24?/t16-/m0/s1. The van der Waals surface area contributed by atoms with Crippen molar-refractivity contribution in [3.05, 3.63) is 65.1 Å². The first kappa shape index (κ1) is 28.1. The summed E-state index contributed by atoms with van der Waals surface area (Å²) in [5.74, 6) is -2.97. The third-order valence-electron chi connectivity index (χ3n) is 6.70. The number of carbonyl (C=O) groups excluding carboxylic acids is 1. The molecule has 0 saturated carbocycles. The minimum absolute atomic E-state index is 0.0188. The van der Waals surface area contributed by atoms with Crippen molar-refractivity contribution in [1.82, 2.24) is 19.4 Å². The largest absolute Gasteiger partial charge is 0.507 e. The highest BCUT2D eigenvalue weighted by Crippen LogP contribution is 2.36. The summed E-state index contributed by atoms with van der Waals surface area (Å²) in [5.41, 5.74) is -1.96. The lowest BCUT2D eigenvalue weighted by atomic mass is 10.1. The molecule has 2 N–H and O–H groups in total. The normalized spacial score (nSPS) is 15.6. The number of hydrogen-bond acceptors (Lipinski definition) is 8. The van der Waals surface area contributed by atoms with Crippen molar-refractivity contribution >= 4 is 34.2 Å². The second-order valence-electron chi connectivity index (χ2n) is 9.68. The predicted molar refractivity (Wildman–Crippen MR) is 147 cm³/mol. The van der Waals surface area contributed by atoms with Crippen LogP contribution in [-0.4, -0.2) is 61.8 Å². The van der Waals surface area contributed by atoms with Gasteiger partial charge in [0.2, 0.25) is 5.91 Å². The fourth-order valence-electron chi connectivity index (χ4n) is 4.63. The van der Waals surface area contributed by atoms with Crippen LogP contribution in [0, 0.1) is 34.3 Å². The Bertz CT molecular complexity index is 1650. The number of amides is 1. The Balaban J connectivity index is 1.93. The Morgan fingerprint density at radius 3 is 2.62 bits per heavy atom. The molecule has 0 aliphatic carbocycles. The Morgan fingerprint density at radius 2 is 2.00 bits per heavy atom. The van der Waals surface area contributed by atoms with Crippen LogP contribution in [0.5, 0.6) is 5.75 Å². The van der Waals surface area contributed by atoms with Gasteiger partial charge >= 0.3 is 5.69 Å². The van der Waals surface area contributed by atoms with Crippen LogP contribution >= 0.6 is 0 Å². The Kier molecular flexibility index (Phi) is 7.77. The van der Waals surface area contributed by atoms with Crippen LogP contribution in [0.15, 0.2) is 47.8 Å². The van der Waals surface area contributed by atoms with Crippen LogP contribution in [0.2, 0.25) is 0 Å². The van der Waals surface area contributed by atoms with Crippen LogP contribution in [0.4, 0.5) is 14.6 Å². The van der Waals surface area contributed by atoms with E-state index in [1.165, 1.54) is 18.2 Å². The number of phenolic OH excluding ortho intramolecular Hbond substituents is 1. The number of benzene rings is 1. The zero-order valence-electron chi connectivity index (χ0n) is 22.2. The third-order valence-corrected chi connectivity index (χ3v) is 6.70. The first-order valence-electron chi connectivity index (χ1n) is 12.5. The summed E-state index contributed by atoms with van der Waals surface area (Å²) >= 11 is 0. The van der Waals surface area contributed by atoms with Gasteiger partial charge in [-0.3, -0.25) is 4.79 Å². The van der Waals surface area contributed by atoms with Gasteiger partial charge < -0.3 is 20.3 Å².